The van der Waals surface area contributed by atoms with Crippen molar-refractivity contribution in [1.82, 2.24) is 4.90 Å². The third-order valence-corrected chi connectivity index (χ3v) is 2.66. The second-order valence-corrected chi connectivity index (χ2v) is 5.16. The summed E-state index contributed by atoms with van der Waals surface area (Å²) in [6.45, 7) is 9.02. The van der Waals surface area contributed by atoms with Gasteiger partial charge in [-0.2, -0.15) is 0 Å². The molecule has 0 N–H and O–H groups in total. The zero-order valence-electron chi connectivity index (χ0n) is 9.16. The van der Waals surface area contributed by atoms with Crippen molar-refractivity contribution in [3.05, 3.63) is 0 Å². The summed E-state index contributed by atoms with van der Waals surface area (Å²) in [7, 11) is 0. The highest BCUT2D eigenvalue weighted by atomic mass is 16.6. The van der Waals surface area contributed by atoms with Gasteiger partial charge in [0, 0.05) is 0 Å². The molecule has 0 aromatic heterocycles. The van der Waals surface area contributed by atoms with Crippen LogP contribution in [0.3, 0.4) is 0 Å². The molecule has 1 amide bonds. The Bertz CT molecular complexity index is 263. The molecule has 2 aliphatic rings. The first-order valence-electron chi connectivity index (χ1n) is 4.98. The molecule has 0 radical (unpaired) electrons. The van der Waals surface area contributed by atoms with Crippen molar-refractivity contribution in [2.75, 3.05) is 13.1 Å². The average Bonchev–Trinajstić information content (AvgIpc) is 2.53. The van der Waals surface area contributed by atoms with E-state index in [0.29, 0.717) is 19.2 Å². The zero-order chi connectivity index (χ0) is 10.6. The predicted octanol–water partition coefficient (Wildman–Crippen LogP) is 1.39. The number of hydrogen-bond acceptors (Lipinski definition) is 3. The molecule has 2 saturated heterocycles. The van der Waals surface area contributed by atoms with Gasteiger partial charge in [-0.15, -0.1) is 0 Å². The van der Waals surface area contributed by atoms with Crippen LogP contribution in [0.15, 0.2) is 0 Å². The smallest absolute Gasteiger partial charge is 0.410 e. The highest BCUT2D eigenvalue weighted by Crippen LogP contribution is 2.44. The topological polar surface area (TPSA) is 42.1 Å². The van der Waals surface area contributed by atoms with Gasteiger partial charge >= 0.3 is 6.09 Å². The Morgan fingerprint density at radius 3 is 2.36 bits per heavy atom. The van der Waals surface area contributed by atoms with Gasteiger partial charge in [0.1, 0.15) is 11.2 Å². The minimum absolute atomic E-state index is 0.0170. The minimum Gasteiger partial charge on any atom is -0.444 e. The number of amides is 1. The maximum absolute atomic E-state index is 11.5. The Morgan fingerprint density at radius 2 is 2.00 bits per heavy atom. The number of hydrogen-bond donors (Lipinski definition) is 0. The minimum atomic E-state index is -0.407. The molecule has 1 spiro atoms. The lowest BCUT2D eigenvalue weighted by Crippen LogP contribution is -2.58. The fraction of sp³-hybridized carbons (Fsp3) is 0.900. The molecule has 4 nitrogen and oxygen atoms in total. The van der Waals surface area contributed by atoms with Gasteiger partial charge in [-0.3, -0.25) is 0 Å². The Labute approximate surface area is 84.2 Å². The van der Waals surface area contributed by atoms with Crippen LogP contribution in [0.4, 0.5) is 4.79 Å². The molecule has 80 valence electrons. The fourth-order valence-electron chi connectivity index (χ4n) is 1.71. The van der Waals surface area contributed by atoms with Gasteiger partial charge in [0.15, 0.2) is 0 Å². The van der Waals surface area contributed by atoms with E-state index in [0.717, 1.165) is 0 Å². The quantitative estimate of drug-likeness (QED) is 0.554. The second kappa shape index (κ2) is 2.63. The van der Waals surface area contributed by atoms with Crippen molar-refractivity contribution >= 4 is 6.09 Å². The Kier molecular flexibility index (Phi) is 1.83. The van der Waals surface area contributed by atoms with Crippen LogP contribution in [0.25, 0.3) is 0 Å². The van der Waals surface area contributed by atoms with Gasteiger partial charge in [0.25, 0.3) is 0 Å². The standard InChI is InChI=1S/C10H17NO3/c1-7-10(13-7)5-11(6-10)8(12)14-9(2,3)4/h7H,5-6H2,1-4H3. The van der Waals surface area contributed by atoms with E-state index in [1.807, 2.05) is 27.7 Å². The lowest BCUT2D eigenvalue weighted by atomic mass is 9.97. The third kappa shape index (κ3) is 1.59. The third-order valence-electron chi connectivity index (χ3n) is 2.66. The molecule has 4 heteroatoms. The molecule has 14 heavy (non-hydrogen) atoms. The van der Waals surface area contributed by atoms with E-state index >= 15 is 0 Å². The van der Waals surface area contributed by atoms with Crippen LogP contribution in [0, 0.1) is 0 Å². The monoisotopic (exact) mass is 199 g/mol. The van der Waals surface area contributed by atoms with Crippen molar-refractivity contribution in [2.45, 2.75) is 45.0 Å². The Morgan fingerprint density at radius 1 is 1.50 bits per heavy atom. The molecule has 2 aliphatic heterocycles. The van der Waals surface area contributed by atoms with E-state index in [9.17, 15) is 4.79 Å². The first kappa shape index (κ1) is 9.77. The second-order valence-electron chi connectivity index (χ2n) is 5.16. The van der Waals surface area contributed by atoms with Gasteiger partial charge in [-0.1, -0.05) is 0 Å². The number of carbonyl (C=O) groups excluding carboxylic acids is 1. The SMILES string of the molecule is CC1OC12CN(C(=O)OC(C)(C)C)C2. The molecule has 0 aromatic rings. The van der Waals surface area contributed by atoms with Gasteiger partial charge in [-0.25, -0.2) is 4.79 Å². The Balaban J connectivity index is 1.80. The summed E-state index contributed by atoms with van der Waals surface area (Å²) in [6, 6.07) is 0. The molecular formula is C10H17NO3. The highest BCUT2D eigenvalue weighted by Gasteiger charge is 2.63. The first-order valence-corrected chi connectivity index (χ1v) is 4.98. The summed E-state index contributed by atoms with van der Waals surface area (Å²) in [5.41, 5.74) is -0.424. The Hall–Kier alpha value is -0.770. The van der Waals surface area contributed by atoms with Crippen molar-refractivity contribution < 1.29 is 14.3 Å². The van der Waals surface area contributed by atoms with Crippen LogP contribution in [0.1, 0.15) is 27.7 Å². The van der Waals surface area contributed by atoms with E-state index in [1.54, 1.807) is 4.90 Å². The summed E-state index contributed by atoms with van der Waals surface area (Å²) in [4.78, 5) is 13.2. The molecule has 2 rings (SSSR count). The predicted molar refractivity (Wildman–Crippen MR) is 51.1 cm³/mol. The van der Waals surface area contributed by atoms with Gasteiger partial charge in [0.2, 0.25) is 0 Å². The molecule has 0 aliphatic carbocycles. The summed E-state index contributed by atoms with van der Waals surface area (Å²) in [6.07, 6.45) is 0.0759. The van der Waals surface area contributed by atoms with Crippen molar-refractivity contribution in [3.63, 3.8) is 0 Å². The summed E-state index contributed by atoms with van der Waals surface area (Å²) >= 11 is 0. The highest BCUT2D eigenvalue weighted by molar-refractivity contribution is 5.70. The van der Waals surface area contributed by atoms with Crippen LogP contribution in [0.5, 0.6) is 0 Å². The van der Waals surface area contributed by atoms with Crippen LogP contribution >= 0.6 is 0 Å². The van der Waals surface area contributed by atoms with Crippen molar-refractivity contribution in [3.8, 4) is 0 Å². The van der Waals surface area contributed by atoms with Gasteiger partial charge in [-0.05, 0) is 27.7 Å². The summed E-state index contributed by atoms with van der Waals surface area (Å²) < 4.78 is 10.6. The van der Waals surface area contributed by atoms with Crippen LogP contribution in [-0.4, -0.2) is 41.4 Å². The van der Waals surface area contributed by atoms with Crippen LogP contribution in [-0.2, 0) is 9.47 Å². The molecule has 0 saturated carbocycles. The number of likely N-dealkylation sites (tertiary alicyclic amines) is 1. The number of nitrogens with zero attached hydrogens (tertiary/aromatic N) is 1. The molecular weight excluding hydrogens is 182 g/mol. The van der Waals surface area contributed by atoms with Gasteiger partial charge < -0.3 is 14.4 Å². The van der Waals surface area contributed by atoms with E-state index in [2.05, 4.69) is 0 Å². The molecule has 2 fully saturated rings. The van der Waals surface area contributed by atoms with E-state index in [-0.39, 0.29) is 11.7 Å². The van der Waals surface area contributed by atoms with Gasteiger partial charge in [0.05, 0.1) is 19.2 Å². The molecule has 2 heterocycles. The maximum atomic E-state index is 11.5. The number of ether oxygens (including phenoxy) is 2. The maximum Gasteiger partial charge on any atom is 0.410 e. The summed E-state index contributed by atoms with van der Waals surface area (Å²) in [5.74, 6) is 0. The fourth-order valence-corrected chi connectivity index (χ4v) is 1.71. The van der Waals surface area contributed by atoms with Crippen molar-refractivity contribution in [2.24, 2.45) is 0 Å². The summed E-state index contributed by atoms with van der Waals surface area (Å²) in [5, 5.41) is 0. The first-order chi connectivity index (χ1) is 6.32. The van der Waals surface area contributed by atoms with E-state index in [1.165, 1.54) is 0 Å². The molecule has 1 unspecified atom stereocenters. The number of epoxide rings is 1. The van der Waals surface area contributed by atoms with E-state index in [4.69, 9.17) is 9.47 Å². The largest absolute Gasteiger partial charge is 0.444 e. The lowest BCUT2D eigenvalue weighted by molar-refractivity contribution is -0.00903. The zero-order valence-corrected chi connectivity index (χ0v) is 9.16. The molecule has 0 aromatic carbocycles. The van der Waals surface area contributed by atoms with E-state index < -0.39 is 5.60 Å². The number of carbonyl (C=O) groups is 1. The van der Waals surface area contributed by atoms with Crippen molar-refractivity contribution in [1.29, 1.82) is 0 Å². The van der Waals surface area contributed by atoms with Crippen LogP contribution < -0.4 is 0 Å². The molecule has 1 atom stereocenters. The lowest BCUT2D eigenvalue weighted by Gasteiger charge is -2.38. The number of rotatable bonds is 0. The molecule has 0 bridgehead atoms. The normalized spacial score (nSPS) is 28.6. The average molecular weight is 199 g/mol. The van der Waals surface area contributed by atoms with Crippen LogP contribution in [0.2, 0.25) is 0 Å².